The van der Waals surface area contributed by atoms with Crippen LogP contribution in [0.1, 0.15) is 65.7 Å². The third kappa shape index (κ3) is 2.06. The van der Waals surface area contributed by atoms with Crippen LogP contribution in [0.25, 0.3) is 0 Å². The van der Waals surface area contributed by atoms with Gasteiger partial charge in [-0.3, -0.25) is 4.79 Å². The Hall–Kier alpha value is -0.780. The van der Waals surface area contributed by atoms with Crippen LogP contribution in [0.15, 0.2) is 11.6 Å². The summed E-state index contributed by atoms with van der Waals surface area (Å²) in [6, 6.07) is 0. The van der Waals surface area contributed by atoms with Crippen molar-refractivity contribution in [2.45, 2.75) is 83.1 Å². The highest BCUT2D eigenvalue weighted by molar-refractivity contribution is 5.90. The molecule has 3 N–H and O–H groups in total. The van der Waals surface area contributed by atoms with Crippen molar-refractivity contribution >= 4 is 5.78 Å². The minimum Gasteiger partial charge on any atom is -0.390 e. The van der Waals surface area contributed by atoms with Gasteiger partial charge in [-0.1, -0.05) is 32.4 Å². The van der Waals surface area contributed by atoms with Gasteiger partial charge in [-0.15, -0.1) is 0 Å². The maximum Gasteiger partial charge on any atom is 0.190 e. The second-order valence-electron chi connectivity index (χ2n) is 10.1. The van der Waals surface area contributed by atoms with E-state index in [-0.39, 0.29) is 24.2 Å². The molecule has 4 aliphatic rings. The van der Waals surface area contributed by atoms with Crippen LogP contribution < -0.4 is 0 Å². The van der Waals surface area contributed by atoms with Gasteiger partial charge >= 0.3 is 0 Å². The van der Waals surface area contributed by atoms with E-state index < -0.39 is 40.6 Å². The quantitative estimate of drug-likeness (QED) is 0.644. The van der Waals surface area contributed by atoms with Crippen molar-refractivity contribution in [1.82, 2.24) is 0 Å². The van der Waals surface area contributed by atoms with Crippen molar-refractivity contribution < 1.29 is 24.5 Å². The fourth-order valence-electron chi connectivity index (χ4n) is 7.81. The van der Waals surface area contributed by atoms with Crippen molar-refractivity contribution in [3.05, 3.63) is 11.6 Å². The first-order valence-electron chi connectivity index (χ1n) is 10.5. The van der Waals surface area contributed by atoms with Gasteiger partial charge in [0.2, 0.25) is 0 Å². The molecule has 0 radical (unpaired) electrons. The standard InChI is InChI=1S/C22H33FO4/c1-13-10-16-15-8-7-14-6-4-5-9-19(14,2)21(15,23)17(25)11-20(16,3)22(13,27)18(26)12-24/h6,13,15-17,24-25,27H,4-5,7-12H2,1-3H3/t13-,15+,16+,17+,19+,20+,21+,22+/m1/s1. The number of halogens is 1. The highest BCUT2D eigenvalue weighted by atomic mass is 19.1. The number of aliphatic hydroxyl groups is 3. The summed E-state index contributed by atoms with van der Waals surface area (Å²) in [5.74, 6) is -1.52. The van der Waals surface area contributed by atoms with E-state index in [0.717, 1.165) is 31.3 Å². The molecule has 4 aliphatic carbocycles. The van der Waals surface area contributed by atoms with Crippen LogP contribution in [0.3, 0.4) is 0 Å². The van der Waals surface area contributed by atoms with E-state index in [4.69, 9.17) is 0 Å². The molecular weight excluding hydrogens is 347 g/mol. The summed E-state index contributed by atoms with van der Waals surface area (Å²) in [4.78, 5) is 12.6. The predicted molar refractivity (Wildman–Crippen MR) is 99.6 cm³/mol. The molecular formula is C22H33FO4. The van der Waals surface area contributed by atoms with Gasteiger partial charge in [-0.2, -0.15) is 0 Å². The van der Waals surface area contributed by atoms with Crippen LogP contribution in [0.5, 0.6) is 0 Å². The van der Waals surface area contributed by atoms with E-state index in [1.54, 1.807) is 0 Å². The zero-order valence-corrected chi connectivity index (χ0v) is 16.7. The number of hydrogen-bond acceptors (Lipinski definition) is 4. The van der Waals surface area contributed by atoms with E-state index in [0.29, 0.717) is 12.8 Å². The molecule has 0 aliphatic heterocycles. The molecule has 8 atom stereocenters. The summed E-state index contributed by atoms with van der Waals surface area (Å²) in [5, 5.41) is 32.1. The second-order valence-corrected chi connectivity index (χ2v) is 10.1. The molecule has 3 saturated carbocycles. The van der Waals surface area contributed by atoms with Crippen LogP contribution in [0, 0.1) is 28.6 Å². The van der Waals surface area contributed by atoms with Gasteiger partial charge in [0.05, 0.1) is 6.10 Å². The van der Waals surface area contributed by atoms with E-state index in [1.807, 2.05) is 20.8 Å². The number of ketones is 1. The molecule has 0 aromatic rings. The smallest absolute Gasteiger partial charge is 0.190 e. The topological polar surface area (TPSA) is 77.8 Å². The van der Waals surface area contributed by atoms with E-state index in [2.05, 4.69) is 6.08 Å². The Morgan fingerprint density at radius 1 is 1.33 bits per heavy atom. The average molecular weight is 381 g/mol. The Bertz CT molecular complexity index is 692. The lowest BCUT2D eigenvalue weighted by atomic mass is 9.44. The normalized spacial score (nSPS) is 54.6. The van der Waals surface area contributed by atoms with Gasteiger partial charge in [0.25, 0.3) is 0 Å². The van der Waals surface area contributed by atoms with Gasteiger partial charge in [0, 0.05) is 16.7 Å². The largest absolute Gasteiger partial charge is 0.390 e. The number of Topliss-reactive ketones (excluding diaryl/α,β-unsaturated/α-hetero) is 1. The Kier molecular flexibility index (Phi) is 4.24. The Balaban J connectivity index is 1.82. The van der Waals surface area contributed by atoms with Crippen molar-refractivity contribution in [3.63, 3.8) is 0 Å². The number of hydrogen-bond donors (Lipinski definition) is 3. The predicted octanol–water partition coefficient (Wildman–Crippen LogP) is 2.94. The molecule has 3 fully saturated rings. The Morgan fingerprint density at radius 2 is 2.04 bits per heavy atom. The SMILES string of the molecule is C[C@@H]1C[C@H]2[C@@H]3CCC4=CCCC[C@]4(C)[C@@]3(F)[C@@H](O)C[C@]2(C)[C@@]1(O)C(=O)CO. The molecule has 0 saturated heterocycles. The zero-order valence-electron chi connectivity index (χ0n) is 16.7. The molecule has 0 aromatic carbocycles. The summed E-state index contributed by atoms with van der Waals surface area (Å²) in [6.07, 6.45) is 5.67. The number of aliphatic hydroxyl groups excluding tert-OH is 2. The van der Waals surface area contributed by atoms with Crippen LogP contribution in [0.2, 0.25) is 0 Å². The number of fused-ring (bicyclic) bond motifs is 5. The van der Waals surface area contributed by atoms with Gasteiger partial charge in [0.1, 0.15) is 17.9 Å². The van der Waals surface area contributed by atoms with Crippen molar-refractivity contribution in [1.29, 1.82) is 0 Å². The molecule has 0 spiro atoms. The summed E-state index contributed by atoms with van der Waals surface area (Å²) in [5.41, 5.74) is -3.88. The van der Waals surface area contributed by atoms with Gasteiger partial charge in [-0.05, 0) is 56.8 Å². The first kappa shape index (κ1) is 19.5. The average Bonchev–Trinajstić information content (AvgIpc) is 2.83. The van der Waals surface area contributed by atoms with Gasteiger partial charge in [-0.25, -0.2) is 4.39 Å². The molecule has 0 heterocycles. The number of carbonyl (C=O) groups excluding carboxylic acids is 1. The fraction of sp³-hybridized carbons (Fsp3) is 0.864. The van der Waals surface area contributed by atoms with Crippen LogP contribution in [-0.4, -0.2) is 45.1 Å². The lowest BCUT2D eigenvalue weighted by Gasteiger charge is -2.63. The number of allylic oxidation sites excluding steroid dienone is 2. The monoisotopic (exact) mass is 380 g/mol. The summed E-state index contributed by atoms with van der Waals surface area (Å²) < 4.78 is 16.9. The number of carbonyl (C=O) groups is 1. The lowest BCUT2D eigenvalue weighted by molar-refractivity contribution is -0.228. The Morgan fingerprint density at radius 3 is 2.70 bits per heavy atom. The van der Waals surface area contributed by atoms with Crippen molar-refractivity contribution in [2.75, 3.05) is 6.61 Å². The van der Waals surface area contributed by atoms with E-state index >= 15 is 4.39 Å². The summed E-state index contributed by atoms with van der Waals surface area (Å²) in [7, 11) is 0. The molecule has 0 bridgehead atoms. The molecule has 4 nitrogen and oxygen atoms in total. The van der Waals surface area contributed by atoms with Gasteiger partial charge in [0.15, 0.2) is 5.78 Å². The van der Waals surface area contributed by atoms with E-state index in [9.17, 15) is 20.1 Å². The minimum atomic E-state index is -1.73. The first-order valence-corrected chi connectivity index (χ1v) is 10.5. The number of alkyl halides is 1. The minimum absolute atomic E-state index is 0.0557. The first-order chi connectivity index (χ1) is 12.6. The molecule has 0 aromatic heterocycles. The van der Waals surface area contributed by atoms with Crippen LogP contribution in [0.4, 0.5) is 4.39 Å². The van der Waals surface area contributed by atoms with Crippen molar-refractivity contribution in [2.24, 2.45) is 28.6 Å². The molecule has 0 unspecified atom stereocenters. The maximum absolute atomic E-state index is 16.9. The molecule has 27 heavy (non-hydrogen) atoms. The highest BCUT2D eigenvalue weighted by Gasteiger charge is 2.75. The van der Waals surface area contributed by atoms with Gasteiger partial charge < -0.3 is 15.3 Å². The Labute approximate surface area is 160 Å². The zero-order chi connectivity index (χ0) is 19.8. The second kappa shape index (κ2) is 5.87. The lowest BCUT2D eigenvalue weighted by Crippen LogP contribution is -2.69. The molecule has 5 heteroatoms. The number of rotatable bonds is 2. The maximum atomic E-state index is 16.9. The third-order valence-corrected chi connectivity index (χ3v) is 9.26. The molecule has 152 valence electrons. The van der Waals surface area contributed by atoms with Crippen LogP contribution >= 0.6 is 0 Å². The van der Waals surface area contributed by atoms with Crippen LogP contribution in [-0.2, 0) is 4.79 Å². The summed E-state index contributed by atoms with van der Waals surface area (Å²) >= 11 is 0. The third-order valence-electron chi connectivity index (χ3n) is 9.26. The van der Waals surface area contributed by atoms with E-state index in [1.165, 1.54) is 0 Å². The fourth-order valence-corrected chi connectivity index (χ4v) is 7.81. The molecule has 4 rings (SSSR count). The molecule has 0 amide bonds. The summed E-state index contributed by atoms with van der Waals surface area (Å²) in [6.45, 7) is 4.89. The van der Waals surface area contributed by atoms with Crippen molar-refractivity contribution in [3.8, 4) is 0 Å². The highest BCUT2D eigenvalue weighted by Crippen LogP contribution is 2.71.